The highest BCUT2D eigenvalue weighted by Gasteiger charge is 2.59. The summed E-state index contributed by atoms with van der Waals surface area (Å²) in [5.41, 5.74) is 2.83. The van der Waals surface area contributed by atoms with Gasteiger partial charge in [-0.2, -0.15) is 0 Å². The second-order valence-corrected chi connectivity index (χ2v) is 9.37. The molecule has 5 atom stereocenters. The van der Waals surface area contributed by atoms with E-state index in [1.807, 2.05) is 6.92 Å². The van der Waals surface area contributed by atoms with Gasteiger partial charge >= 0.3 is 0 Å². The lowest BCUT2D eigenvalue weighted by Gasteiger charge is -2.53. The maximum absolute atomic E-state index is 12.6. The Bertz CT molecular complexity index is 593. The first-order chi connectivity index (χ1) is 10.5. The molecule has 0 amide bonds. The third kappa shape index (κ3) is 2.28. The highest BCUT2D eigenvalue weighted by molar-refractivity contribution is 5.99. The number of aliphatic hydroxyl groups is 1. The van der Waals surface area contributed by atoms with Gasteiger partial charge in [-0.1, -0.05) is 31.6 Å². The summed E-state index contributed by atoms with van der Waals surface area (Å²) in [6.45, 7) is 15.1. The third-order valence-electron chi connectivity index (χ3n) is 7.64. The first-order valence-corrected chi connectivity index (χ1v) is 9.12. The first kappa shape index (κ1) is 17.0. The van der Waals surface area contributed by atoms with Crippen LogP contribution in [0.15, 0.2) is 23.3 Å². The molecule has 1 N–H and O–H groups in total. The van der Waals surface area contributed by atoms with E-state index in [0.29, 0.717) is 24.0 Å². The maximum atomic E-state index is 12.6. The number of allylic oxidation sites excluding steroid dienone is 3. The topological polar surface area (TPSA) is 37.3 Å². The van der Waals surface area contributed by atoms with E-state index < -0.39 is 5.60 Å². The Hall–Kier alpha value is -0.890. The molecule has 3 saturated carbocycles. The van der Waals surface area contributed by atoms with Crippen molar-refractivity contribution < 1.29 is 9.90 Å². The summed E-state index contributed by atoms with van der Waals surface area (Å²) in [5.74, 6) is 1.03. The smallest absolute Gasteiger partial charge is 0.159 e. The minimum absolute atomic E-state index is 0.0302. The maximum Gasteiger partial charge on any atom is 0.159 e. The van der Waals surface area contributed by atoms with Crippen LogP contribution in [0.2, 0.25) is 0 Å². The molecule has 0 radical (unpaired) electrons. The molecule has 0 aromatic heterocycles. The Kier molecular flexibility index (Phi) is 3.72. The van der Waals surface area contributed by atoms with Crippen molar-refractivity contribution in [2.45, 2.75) is 78.7 Å². The molecule has 23 heavy (non-hydrogen) atoms. The van der Waals surface area contributed by atoms with Crippen molar-refractivity contribution in [2.75, 3.05) is 0 Å². The molecule has 0 bridgehead atoms. The lowest BCUT2D eigenvalue weighted by Crippen LogP contribution is -2.52. The lowest BCUT2D eigenvalue weighted by molar-refractivity contribution is -0.118. The van der Waals surface area contributed by atoms with Gasteiger partial charge in [0.25, 0.3) is 0 Å². The number of hydrogen-bond donors (Lipinski definition) is 1. The molecule has 0 saturated heterocycles. The number of hydrogen-bond acceptors (Lipinski definition) is 2. The van der Waals surface area contributed by atoms with Crippen LogP contribution < -0.4 is 0 Å². The van der Waals surface area contributed by atoms with E-state index in [9.17, 15) is 9.90 Å². The number of ketones is 1. The Morgan fingerprint density at radius 3 is 2.43 bits per heavy atom. The van der Waals surface area contributed by atoms with Crippen molar-refractivity contribution in [1.82, 2.24) is 0 Å². The molecular weight excluding hydrogens is 284 g/mol. The third-order valence-corrected chi connectivity index (χ3v) is 7.64. The average Bonchev–Trinajstić information content (AvgIpc) is 2.61. The second-order valence-electron chi connectivity index (χ2n) is 9.37. The van der Waals surface area contributed by atoms with Crippen LogP contribution in [0.4, 0.5) is 0 Å². The molecule has 0 unspecified atom stereocenters. The monoisotopic (exact) mass is 316 g/mol. The zero-order valence-corrected chi connectivity index (χ0v) is 15.5. The number of carbonyl (C=O) groups is 1. The highest BCUT2D eigenvalue weighted by Crippen LogP contribution is 2.63. The molecular formula is C21H32O2. The molecule has 0 aromatic rings. The predicted molar refractivity (Wildman–Crippen MR) is 94.0 cm³/mol. The minimum atomic E-state index is -0.636. The zero-order valence-electron chi connectivity index (χ0n) is 15.5. The van der Waals surface area contributed by atoms with Gasteiger partial charge in [0, 0.05) is 11.8 Å². The minimum Gasteiger partial charge on any atom is -0.390 e. The molecule has 128 valence electrons. The first-order valence-electron chi connectivity index (χ1n) is 9.12. The Morgan fingerprint density at radius 1 is 1.17 bits per heavy atom. The normalized spacial score (nSPS) is 47.1. The van der Waals surface area contributed by atoms with Crippen molar-refractivity contribution in [1.29, 1.82) is 0 Å². The average molecular weight is 316 g/mol. The summed E-state index contributed by atoms with van der Waals surface area (Å²) in [5, 5.41) is 11.1. The van der Waals surface area contributed by atoms with Crippen molar-refractivity contribution in [3.63, 3.8) is 0 Å². The predicted octanol–water partition coefficient (Wildman–Crippen LogP) is 4.83. The fourth-order valence-electron chi connectivity index (χ4n) is 5.88. The largest absolute Gasteiger partial charge is 0.390 e. The lowest BCUT2D eigenvalue weighted by atomic mass is 9.54. The summed E-state index contributed by atoms with van der Waals surface area (Å²) in [6.07, 6.45) is 5.38. The van der Waals surface area contributed by atoms with E-state index in [0.717, 1.165) is 37.7 Å². The molecule has 0 heterocycles. The van der Waals surface area contributed by atoms with Gasteiger partial charge < -0.3 is 5.11 Å². The van der Waals surface area contributed by atoms with Gasteiger partial charge in [-0.15, -0.1) is 0 Å². The van der Waals surface area contributed by atoms with Crippen molar-refractivity contribution in [3.05, 3.63) is 23.3 Å². The van der Waals surface area contributed by atoms with Crippen molar-refractivity contribution in [2.24, 2.45) is 22.7 Å². The molecule has 3 fully saturated rings. The van der Waals surface area contributed by atoms with Crippen LogP contribution in [0.25, 0.3) is 0 Å². The van der Waals surface area contributed by atoms with E-state index >= 15 is 0 Å². The number of Topliss-reactive ketones (excluding diaryl/α,β-unsaturated/α-hetero) is 1. The van der Waals surface area contributed by atoms with Gasteiger partial charge in [0.2, 0.25) is 0 Å². The van der Waals surface area contributed by atoms with Crippen molar-refractivity contribution in [3.8, 4) is 0 Å². The van der Waals surface area contributed by atoms with Gasteiger partial charge in [0.05, 0.1) is 5.60 Å². The molecule has 2 nitrogen and oxygen atoms in total. The number of fused-ring (bicyclic) bond motifs is 2. The Labute approximate surface area is 141 Å². The quantitative estimate of drug-likeness (QED) is 0.513. The summed E-state index contributed by atoms with van der Waals surface area (Å²) < 4.78 is 0. The van der Waals surface area contributed by atoms with E-state index in [1.54, 1.807) is 0 Å². The van der Waals surface area contributed by atoms with Gasteiger partial charge in [0.15, 0.2) is 5.78 Å². The fraction of sp³-hybridized carbons (Fsp3) is 0.762. The molecule has 3 aliphatic rings. The van der Waals surface area contributed by atoms with Crippen LogP contribution in [0.1, 0.15) is 73.1 Å². The SMILES string of the molecule is C=C1CC[C@](C)(O)[C@@]2(C)CC[C@H]3C(=C(C)C)C(=O)C[C@]3(C)C[C@H]12. The molecule has 0 aromatic carbocycles. The fourth-order valence-corrected chi connectivity index (χ4v) is 5.88. The van der Waals surface area contributed by atoms with Gasteiger partial charge in [-0.05, 0) is 75.7 Å². The zero-order chi connectivity index (χ0) is 17.2. The van der Waals surface area contributed by atoms with Gasteiger partial charge in [-0.25, -0.2) is 0 Å². The van der Waals surface area contributed by atoms with Crippen LogP contribution in [0.5, 0.6) is 0 Å². The molecule has 0 aliphatic heterocycles. The standard InChI is InChI=1S/C21H32O2/c1-13(2)18-15-8-9-20(5)16(11-19(15,4)12-17(18)22)14(3)7-10-21(20,6)23/h15-16,23H,3,7-12H2,1-2,4-6H3/t15-,16+,19-,20-,21-/m0/s1. The highest BCUT2D eigenvalue weighted by atomic mass is 16.3. The molecule has 3 rings (SSSR count). The van der Waals surface area contributed by atoms with E-state index in [-0.39, 0.29) is 10.8 Å². The molecule has 2 heteroatoms. The molecule has 0 spiro atoms. The summed E-state index contributed by atoms with van der Waals surface area (Å²) in [6, 6.07) is 0. The van der Waals surface area contributed by atoms with Crippen LogP contribution in [0, 0.1) is 22.7 Å². The van der Waals surface area contributed by atoms with Crippen molar-refractivity contribution >= 4 is 5.78 Å². The Morgan fingerprint density at radius 2 is 1.83 bits per heavy atom. The van der Waals surface area contributed by atoms with Crippen LogP contribution in [-0.2, 0) is 4.79 Å². The van der Waals surface area contributed by atoms with Crippen LogP contribution >= 0.6 is 0 Å². The summed E-state index contributed by atoms with van der Waals surface area (Å²) >= 11 is 0. The summed E-state index contributed by atoms with van der Waals surface area (Å²) in [4.78, 5) is 12.6. The molecule has 3 aliphatic carbocycles. The Balaban J connectivity index is 2.07. The van der Waals surface area contributed by atoms with E-state index in [4.69, 9.17) is 0 Å². The van der Waals surface area contributed by atoms with Crippen LogP contribution in [0.3, 0.4) is 0 Å². The van der Waals surface area contributed by atoms with Gasteiger partial charge in [-0.3, -0.25) is 4.79 Å². The van der Waals surface area contributed by atoms with Crippen LogP contribution in [-0.4, -0.2) is 16.5 Å². The van der Waals surface area contributed by atoms with E-state index in [2.05, 4.69) is 34.3 Å². The summed E-state index contributed by atoms with van der Waals surface area (Å²) in [7, 11) is 0. The number of rotatable bonds is 0. The second kappa shape index (κ2) is 5.05. The van der Waals surface area contributed by atoms with E-state index in [1.165, 1.54) is 11.1 Å². The van der Waals surface area contributed by atoms with Gasteiger partial charge in [0.1, 0.15) is 0 Å². The number of carbonyl (C=O) groups excluding carboxylic acids is 1.